The van der Waals surface area contributed by atoms with Crippen LogP contribution in [0.1, 0.15) is 50.4 Å². The van der Waals surface area contributed by atoms with Crippen molar-refractivity contribution in [2.45, 2.75) is 56.8 Å². The Kier molecular flexibility index (Phi) is 3.52. The Balaban J connectivity index is 1.58. The summed E-state index contributed by atoms with van der Waals surface area (Å²) in [4.78, 5) is 9.72. The van der Waals surface area contributed by atoms with Gasteiger partial charge in [-0.3, -0.25) is 9.80 Å². The van der Waals surface area contributed by atoms with E-state index in [1.165, 1.54) is 51.0 Å². The lowest BCUT2D eigenvalue weighted by Crippen LogP contribution is -2.56. The van der Waals surface area contributed by atoms with Crippen LogP contribution < -0.4 is 5.73 Å². The highest BCUT2D eigenvalue weighted by molar-refractivity contribution is 5.11. The molecule has 1 aliphatic carbocycles. The molecule has 3 heterocycles. The zero-order valence-corrected chi connectivity index (χ0v) is 13.0. The van der Waals surface area contributed by atoms with Crippen molar-refractivity contribution in [3.05, 3.63) is 18.2 Å². The van der Waals surface area contributed by atoms with Crippen LogP contribution in [0.5, 0.6) is 0 Å². The van der Waals surface area contributed by atoms with E-state index in [1.54, 1.807) is 0 Å². The van der Waals surface area contributed by atoms with Gasteiger partial charge in [-0.1, -0.05) is 0 Å². The lowest BCUT2D eigenvalue weighted by molar-refractivity contribution is 0.0273. The van der Waals surface area contributed by atoms with Crippen LogP contribution >= 0.6 is 0 Å². The van der Waals surface area contributed by atoms with Crippen molar-refractivity contribution in [1.29, 1.82) is 0 Å². The van der Waals surface area contributed by atoms with Gasteiger partial charge in [0.05, 0.1) is 18.1 Å². The molecule has 2 aliphatic heterocycles. The first kappa shape index (κ1) is 13.7. The molecule has 4 rings (SSSR count). The number of hydrogen-bond acceptors (Lipinski definition) is 4. The minimum absolute atomic E-state index is 0.325. The summed E-state index contributed by atoms with van der Waals surface area (Å²) >= 11 is 0. The van der Waals surface area contributed by atoms with Crippen LogP contribution in [0.3, 0.4) is 0 Å². The predicted molar refractivity (Wildman–Crippen MR) is 83.1 cm³/mol. The van der Waals surface area contributed by atoms with Crippen LogP contribution in [0.25, 0.3) is 0 Å². The highest BCUT2D eigenvalue weighted by Crippen LogP contribution is 2.38. The number of imidazole rings is 1. The molecule has 5 heteroatoms. The second kappa shape index (κ2) is 5.38. The van der Waals surface area contributed by atoms with Gasteiger partial charge in [0.2, 0.25) is 0 Å². The maximum Gasteiger partial charge on any atom is 0.0951 e. The maximum absolute atomic E-state index is 6.19. The van der Waals surface area contributed by atoms with Gasteiger partial charge in [0, 0.05) is 44.0 Å². The molecular weight excluding hydrogens is 262 g/mol. The molecule has 0 aromatic carbocycles. The van der Waals surface area contributed by atoms with Gasteiger partial charge in [0.25, 0.3) is 0 Å². The molecule has 21 heavy (non-hydrogen) atoms. The van der Waals surface area contributed by atoms with Crippen molar-refractivity contribution in [2.24, 2.45) is 5.73 Å². The largest absolute Gasteiger partial charge is 0.330 e. The molecule has 2 N–H and O–H groups in total. The van der Waals surface area contributed by atoms with Crippen LogP contribution in [0.2, 0.25) is 0 Å². The topological polar surface area (TPSA) is 50.3 Å². The Morgan fingerprint density at radius 2 is 2.14 bits per heavy atom. The molecule has 0 bridgehead atoms. The summed E-state index contributed by atoms with van der Waals surface area (Å²) in [5, 5.41) is 0. The zero-order chi connectivity index (χ0) is 14.4. The smallest absolute Gasteiger partial charge is 0.0951 e. The SMILES string of the molecule is CC1CN2CCCC2CN1C(CN)c1cncn1C1CC1. The summed E-state index contributed by atoms with van der Waals surface area (Å²) in [5.41, 5.74) is 7.52. The highest BCUT2D eigenvalue weighted by Gasteiger charge is 2.39. The number of fused-ring (bicyclic) bond motifs is 1. The summed E-state index contributed by atoms with van der Waals surface area (Å²) in [7, 11) is 0. The van der Waals surface area contributed by atoms with Gasteiger partial charge in [-0.05, 0) is 39.2 Å². The quantitative estimate of drug-likeness (QED) is 0.910. The zero-order valence-electron chi connectivity index (χ0n) is 13.0. The number of nitrogens with zero attached hydrogens (tertiary/aromatic N) is 4. The van der Waals surface area contributed by atoms with E-state index >= 15 is 0 Å². The number of hydrogen-bond donors (Lipinski definition) is 1. The van der Waals surface area contributed by atoms with Crippen molar-refractivity contribution in [2.75, 3.05) is 26.2 Å². The van der Waals surface area contributed by atoms with Crippen molar-refractivity contribution in [3.63, 3.8) is 0 Å². The van der Waals surface area contributed by atoms with E-state index in [0.717, 1.165) is 6.04 Å². The van der Waals surface area contributed by atoms with Crippen molar-refractivity contribution in [3.8, 4) is 0 Å². The van der Waals surface area contributed by atoms with Gasteiger partial charge in [-0.2, -0.15) is 0 Å². The fourth-order valence-electron chi connectivity index (χ4n) is 4.30. The lowest BCUT2D eigenvalue weighted by Gasteiger charge is -2.45. The molecule has 5 nitrogen and oxygen atoms in total. The molecule has 0 spiro atoms. The fraction of sp³-hybridized carbons (Fsp3) is 0.812. The molecule has 116 valence electrons. The number of rotatable bonds is 4. The summed E-state index contributed by atoms with van der Waals surface area (Å²) in [6.45, 7) is 6.69. The Morgan fingerprint density at radius 1 is 1.29 bits per heavy atom. The molecule has 1 aromatic heterocycles. The second-order valence-corrected chi connectivity index (χ2v) is 7.05. The predicted octanol–water partition coefficient (Wildman–Crippen LogP) is 1.39. The van der Waals surface area contributed by atoms with Crippen molar-refractivity contribution in [1.82, 2.24) is 19.4 Å². The van der Waals surface area contributed by atoms with Crippen LogP contribution in [-0.2, 0) is 0 Å². The second-order valence-electron chi connectivity index (χ2n) is 7.05. The minimum atomic E-state index is 0.325. The first-order valence-electron chi connectivity index (χ1n) is 8.49. The summed E-state index contributed by atoms with van der Waals surface area (Å²) in [5.74, 6) is 0. The summed E-state index contributed by atoms with van der Waals surface area (Å²) in [6.07, 6.45) is 9.36. The molecule has 0 amide bonds. The average molecular weight is 289 g/mol. The van der Waals surface area contributed by atoms with Gasteiger partial charge >= 0.3 is 0 Å². The Labute approximate surface area is 127 Å². The van der Waals surface area contributed by atoms with Gasteiger partial charge in [0.1, 0.15) is 0 Å². The molecule has 1 saturated carbocycles. The summed E-state index contributed by atoms with van der Waals surface area (Å²) < 4.78 is 2.38. The third kappa shape index (κ3) is 2.41. The van der Waals surface area contributed by atoms with Crippen LogP contribution in [0.4, 0.5) is 0 Å². The normalized spacial score (nSPS) is 32.3. The highest BCUT2D eigenvalue weighted by atomic mass is 15.3. The van der Waals surface area contributed by atoms with Gasteiger partial charge in [-0.15, -0.1) is 0 Å². The lowest BCUT2D eigenvalue weighted by atomic mass is 10.0. The molecular formula is C16H27N5. The Hall–Kier alpha value is -0.910. The third-order valence-corrected chi connectivity index (χ3v) is 5.59. The van der Waals surface area contributed by atoms with Gasteiger partial charge in [-0.25, -0.2) is 4.98 Å². The molecule has 0 radical (unpaired) electrons. The van der Waals surface area contributed by atoms with Crippen LogP contribution in [-0.4, -0.2) is 57.6 Å². The molecule has 3 aliphatic rings. The monoisotopic (exact) mass is 289 g/mol. The van der Waals surface area contributed by atoms with Gasteiger partial charge in [0.15, 0.2) is 0 Å². The molecule has 3 atom stereocenters. The molecule has 1 aromatic rings. The number of aromatic nitrogens is 2. The van der Waals surface area contributed by atoms with Crippen molar-refractivity contribution >= 4 is 0 Å². The number of nitrogens with two attached hydrogens (primary N) is 1. The molecule has 3 fully saturated rings. The maximum atomic E-state index is 6.19. The van der Waals surface area contributed by atoms with E-state index in [2.05, 4.69) is 26.3 Å². The molecule has 3 unspecified atom stereocenters. The first-order chi connectivity index (χ1) is 10.3. The minimum Gasteiger partial charge on any atom is -0.330 e. The van der Waals surface area contributed by atoms with E-state index < -0.39 is 0 Å². The van der Waals surface area contributed by atoms with Crippen LogP contribution in [0.15, 0.2) is 12.5 Å². The third-order valence-electron chi connectivity index (χ3n) is 5.59. The first-order valence-corrected chi connectivity index (χ1v) is 8.49. The van der Waals surface area contributed by atoms with E-state index in [4.69, 9.17) is 5.73 Å². The van der Waals surface area contributed by atoms with Crippen LogP contribution in [0, 0.1) is 0 Å². The average Bonchev–Trinajstić information content (AvgIpc) is 3.04. The molecule has 2 saturated heterocycles. The Morgan fingerprint density at radius 3 is 2.90 bits per heavy atom. The van der Waals surface area contributed by atoms with Gasteiger partial charge < -0.3 is 10.3 Å². The van der Waals surface area contributed by atoms with Crippen molar-refractivity contribution < 1.29 is 0 Å². The number of piperazine rings is 1. The van der Waals surface area contributed by atoms with E-state index in [0.29, 0.717) is 24.7 Å². The standard InChI is InChI=1S/C16H27N5/c1-12-9-19-6-2-3-14(19)10-20(12)15(7-17)16-8-18-11-21(16)13-4-5-13/h8,11-15H,2-7,9-10,17H2,1H3. The Bertz CT molecular complexity index is 495. The summed E-state index contributed by atoms with van der Waals surface area (Å²) in [6, 6.07) is 2.33. The van der Waals surface area contributed by atoms with E-state index in [9.17, 15) is 0 Å². The van der Waals surface area contributed by atoms with E-state index in [-0.39, 0.29) is 0 Å². The van der Waals surface area contributed by atoms with E-state index in [1.807, 2.05) is 12.5 Å². The fourth-order valence-corrected chi connectivity index (χ4v) is 4.30.